The van der Waals surface area contributed by atoms with Crippen molar-refractivity contribution in [2.45, 2.75) is 0 Å². The molecule has 6 heteroatoms. The molecule has 2 aromatic rings. The second-order valence-corrected chi connectivity index (χ2v) is 5.62. The molecule has 0 aromatic heterocycles. The van der Waals surface area contributed by atoms with Crippen LogP contribution in [0.4, 0.5) is 0 Å². The van der Waals surface area contributed by atoms with E-state index in [9.17, 15) is 0 Å². The summed E-state index contributed by atoms with van der Waals surface area (Å²) in [6, 6.07) is 9.47. The first-order valence-electron chi connectivity index (χ1n) is 8.01. The first-order chi connectivity index (χ1) is 12.7. The van der Waals surface area contributed by atoms with Crippen LogP contribution in [0.15, 0.2) is 30.3 Å². The molecule has 0 bridgehead atoms. The summed E-state index contributed by atoms with van der Waals surface area (Å²) in [5.74, 6) is 3.50. The Labute approximate surface area is 159 Å². The van der Waals surface area contributed by atoms with E-state index in [1.54, 1.807) is 28.4 Å². The van der Waals surface area contributed by atoms with E-state index in [1.165, 1.54) is 0 Å². The highest BCUT2D eigenvalue weighted by atomic mass is 35.5. The van der Waals surface area contributed by atoms with Gasteiger partial charge in [0.25, 0.3) is 0 Å². The molecular weight excluding hydrogens is 356 g/mol. The third-order valence-electron chi connectivity index (χ3n) is 3.68. The first-order valence-corrected chi connectivity index (χ1v) is 8.55. The number of ether oxygens (including phenoxy) is 5. The number of methoxy groups -OCH3 is 4. The van der Waals surface area contributed by atoms with Gasteiger partial charge in [0.05, 0.1) is 34.3 Å². The van der Waals surface area contributed by atoms with Gasteiger partial charge < -0.3 is 23.7 Å². The van der Waals surface area contributed by atoms with Gasteiger partial charge in [0.15, 0.2) is 23.0 Å². The molecule has 5 nitrogen and oxygen atoms in total. The van der Waals surface area contributed by atoms with Crippen LogP contribution in [-0.4, -0.2) is 40.9 Å². The molecule has 2 rings (SSSR count). The molecule has 0 heterocycles. The number of hydrogen-bond donors (Lipinski definition) is 0. The van der Waals surface area contributed by atoms with Crippen LogP contribution >= 0.6 is 11.6 Å². The fourth-order valence-electron chi connectivity index (χ4n) is 2.45. The van der Waals surface area contributed by atoms with E-state index in [1.807, 2.05) is 42.5 Å². The van der Waals surface area contributed by atoms with Crippen LogP contribution in [0.3, 0.4) is 0 Å². The zero-order valence-corrected chi connectivity index (χ0v) is 16.1. The van der Waals surface area contributed by atoms with Gasteiger partial charge in [0.1, 0.15) is 6.61 Å². The number of hydrogen-bond acceptors (Lipinski definition) is 5. The summed E-state index contributed by atoms with van der Waals surface area (Å²) in [5, 5.41) is 0. The minimum absolute atomic E-state index is 0.411. The van der Waals surface area contributed by atoms with Gasteiger partial charge in [-0.25, -0.2) is 0 Å². The normalized spacial score (nSPS) is 10.7. The molecule has 0 unspecified atom stereocenters. The molecule has 0 aliphatic rings. The molecule has 0 spiro atoms. The van der Waals surface area contributed by atoms with Gasteiger partial charge in [-0.3, -0.25) is 0 Å². The minimum Gasteiger partial charge on any atom is -0.493 e. The summed E-state index contributed by atoms with van der Waals surface area (Å²) in [5.41, 5.74) is 1.88. The Balaban J connectivity index is 2.31. The summed E-state index contributed by atoms with van der Waals surface area (Å²) in [4.78, 5) is 0. The van der Waals surface area contributed by atoms with Crippen LogP contribution in [0.5, 0.6) is 28.7 Å². The van der Waals surface area contributed by atoms with Crippen molar-refractivity contribution < 1.29 is 23.7 Å². The molecule has 0 saturated heterocycles. The van der Waals surface area contributed by atoms with Gasteiger partial charge >= 0.3 is 0 Å². The van der Waals surface area contributed by atoms with Crippen molar-refractivity contribution in [2.24, 2.45) is 0 Å². The first kappa shape index (κ1) is 19.8. The van der Waals surface area contributed by atoms with Gasteiger partial charge in [-0.2, -0.15) is 0 Å². The Morgan fingerprint density at radius 1 is 0.731 bits per heavy atom. The van der Waals surface area contributed by atoms with Crippen LogP contribution in [0, 0.1) is 0 Å². The summed E-state index contributed by atoms with van der Waals surface area (Å²) in [6.07, 6.45) is 3.92. The lowest BCUT2D eigenvalue weighted by molar-refractivity contribution is 0.312. The Bertz CT molecular complexity index is 733. The minimum atomic E-state index is 0.411. The van der Waals surface area contributed by atoms with Gasteiger partial charge in [0, 0.05) is 0 Å². The summed E-state index contributed by atoms with van der Waals surface area (Å²) in [6.45, 7) is 0.415. The highest BCUT2D eigenvalue weighted by Crippen LogP contribution is 2.38. The van der Waals surface area contributed by atoms with Gasteiger partial charge in [0.2, 0.25) is 5.75 Å². The third kappa shape index (κ3) is 4.76. The molecule has 0 N–H and O–H groups in total. The Morgan fingerprint density at radius 3 is 1.85 bits per heavy atom. The molecule has 0 radical (unpaired) electrons. The fourth-order valence-corrected chi connectivity index (χ4v) is 2.53. The number of alkyl halides is 1. The second kappa shape index (κ2) is 9.82. The highest BCUT2D eigenvalue weighted by Gasteiger charge is 2.12. The predicted octanol–water partition coefficient (Wildman–Crippen LogP) is 4.51. The SMILES string of the molecule is COc1ccc(/C=C\c2cc(OC)c(OC)c(OC)c2)cc1OCCCl. The van der Waals surface area contributed by atoms with E-state index >= 15 is 0 Å². The molecule has 0 fully saturated rings. The summed E-state index contributed by atoms with van der Waals surface area (Å²) < 4.78 is 27.0. The van der Waals surface area contributed by atoms with E-state index < -0.39 is 0 Å². The standard InChI is InChI=1S/C20H23ClO5/c1-22-16-8-7-14(11-17(16)26-10-9-21)5-6-15-12-18(23-2)20(25-4)19(13-15)24-3/h5-8,11-13H,9-10H2,1-4H3/b6-5-. The highest BCUT2D eigenvalue weighted by molar-refractivity contribution is 6.18. The van der Waals surface area contributed by atoms with Crippen molar-refractivity contribution >= 4 is 23.8 Å². The molecule has 26 heavy (non-hydrogen) atoms. The average Bonchev–Trinajstić information content (AvgIpc) is 2.69. The fraction of sp³-hybridized carbons (Fsp3) is 0.300. The molecule has 140 valence electrons. The van der Waals surface area contributed by atoms with Crippen molar-refractivity contribution in [2.75, 3.05) is 40.9 Å². The topological polar surface area (TPSA) is 46.2 Å². The Hall–Kier alpha value is -2.53. The van der Waals surface area contributed by atoms with Crippen molar-refractivity contribution in [3.63, 3.8) is 0 Å². The average molecular weight is 379 g/mol. The van der Waals surface area contributed by atoms with Crippen LogP contribution in [-0.2, 0) is 0 Å². The zero-order chi connectivity index (χ0) is 18.9. The molecule has 0 atom stereocenters. The lowest BCUT2D eigenvalue weighted by atomic mass is 10.1. The van der Waals surface area contributed by atoms with Crippen molar-refractivity contribution in [1.82, 2.24) is 0 Å². The van der Waals surface area contributed by atoms with Gasteiger partial charge in [-0.15, -0.1) is 11.6 Å². The van der Waals surface area contributed by atoms with Crippen LogP contribution in [0.1, 0.15) is 11.1 Å². The van der Waals surface area contributed by atoms with Crippen molar-refractivity contribution in [3.8, 4) is 28.7 Å². The summed E-state index contributed by atoms with van der Waals surface area (Å²) in [7, 11) is 6.37. The van der Waals surface area contributed by atoms with E-state index in [2.05, 4.69) is 0 Å². The molecule has 0 amide bonds. The third-order valence-corrected chi connectivity index (χ3v) is 3.83. The lowest BCUT2D eigenvalue weighted by Crippen LogP contribution is -2.00. The van der Waals surface area contributed by atoms with Crippen LogP contribution < -0.4 is 23.7 Å². The smallest absolute Gasteiger partial charge is 0.203 e. The van der Waals surface area contributed by atoms with Gasteiger partial charge in [-0.05, 0) is 35.4 Å². The van der Waals surface area contributed by atoms with Crippen molar-refractivity contribution in [1.29, 1.82) is 0 Å². The number of rotatable bonds is 9. The number of benzene rings is 2. The molecule has 2 aromatic carbocycles. The molecule has 0 aliphatic heterocycles. The quantitative estimate of drug-likeness (QED) is 0.474. The van der Waals surface area contributed by atoms with E-state index in [0.29, 0.717) is 41.2 Å². The maximum atomic E-state index is 5.70. The van der Waals surface area contributed by atoms with E-state index in [4.69, 9.17) is 35.3 Å². The number of halogens is 1. The molecular formula is C20H23ClO5. The Kier molecular flexibility index (Phi) is 7.48. The largest absolute Gasteiger partial charge is 0.493 e. The maximum Gasteiger partial charge on any atom is 0.203 e. The van der Waals surface area contributed by atoms with E-state index in [0.717, 1.165) is 11.1 Å². The monoisotopic (exact) mass is 378 g/mol. The second-order valence-electron chi connectivity index (χ2n) is 5.24. The maximum absolute atomic E-state index is 5.70. The Morgan fingerprint density at radius 2 is 1.31 bits per heavy atom. The van der Waals surface area contributed by atoms with Crippen LogP contribution in [0.25, 0.3) is 12.2 Å². The lowest BCUT2D eigenvalue weighted by Gasteiger charge is -2.13. The van der Waals surface area contributed by atoms with E-state index in [-0.39, 0.29) is 0 Å². The predicted molar refractivity (Wildman–Crippen MR) is 104 cm³/mol. The van der Waals surface area contributed by atoms with Gasteiger partial charge in [-0.1, -0.05) is 18.2 Å². The molecule has 0 aliphatic carbocycles. The van der Waals surface area contributed by atoms with Crippen molar-refractivity contribution in [3.05, 3.63) is 41.5 Å². The van der Waals surface area contributed by atoms with Crippen LogP contribution in [0.2, 0.25) is 0 Å². The summed E-state index contributed by atoms with van der Waals surface area (Å²) >= 11 is 5.70. The molecule has 0 saturated carbocycles. The zero-order valence-electron chi connectivity index (χ0n) is 15.4.